The van der Waals surface area contributed by atoms with Crippen LogP contribution in [0, 0.1) is 25.2 Å². The highest BCUT2D eigenvalue weighted by Crippen LogP contribution is 2.10. The predicted octanol–water partition coefficient (Wildman–Crippen LogP) is 1.76. The Labute approximate surface area is 87.8 Å². The fourth-order valence-electron chi connectivity index (χ4n) is 1.49. The topological polar surface area (TPSA) is 54.5 Å². The van der Waals surface area contributed by atoms with Crippen molar-refractivity contribution in [2.24, 2.45) is 0 Å². The standard InChI is InChI=1S/C11H10N4/c1-8-6-11(14-9(2)13-8)15-5-3-4-10(15)7-12/h3-6H,1-2H3. The molecule has 0 saturated heterocycles. The van der Waals surface area contributed by atoms with E-state index in [2.05, 4.69) is 16.0 Å². The lowest BCUT2D eigenvalue weighted by atomic mass is 10.4. The molecule has 0 aliphatic heterocycles. The van der Waals surface area contributed by atoms with Crippen LogP contribution in [0.2, 0.25) is 0 Å². The van der Waals surface area contributed by atoms with Crippen LogP contribution in [0.4, 0.5) is 0 Å². The van der Waals surface area contributed by atoms with E-state index in [9.17, 15) is 0 Å². The van der Waals surface area contributed by atoms with E-state index in [1.807, 2.05) is 32.2 Å². The van der Waals surface area contributed by atoms with Crippen molar-refractivity contribution in [2.75, 3.05) is 0 Å². The molecule has 0 amide bonds. The molecule has 2 rings (SSSR count). The van der Waals surface area contributed by atoms with Crippen LogP contribution in [0.15, 0.2) is 24.4 Å². The number of hydrogen-bond acceptors (Lipinski definition) is 3. The Bertz CT molecular complexity index is 514. The molecule has 0 fully saturated rings. The minimum Gasteiger partial charge on any atom is -0.292 e. The van der Waals surface area contributed by atoms with E-state index in [1.165, 1.54) is 0 Å². The molecule has 0 N–H and O–H groups in total. The van der Waals surface area contributed by atoms with E-state index in [0.717, 1.165) is 11.5 Å². The van der Waals surface area contributed by atoms with Crippen LogP contribution in [0.3, 0.4) is 0 Å². The lowest BCUT2D eigenvalue weighted by molar-refractivity contribution is 0.917. The first-order valence-corrected chi connectivity index (χ1v) is 4.61. The summed E-state index contributed by atoms with van der Waals surface area (Å²) in [5.41, 5.74) is 1.47. The lowest BCUT2D eigenvalue weighted by Gasteiger charge is -2.05. The zero-order chi connectivity index (χ0) is 10.8. The summed E-state index contributed by atoms with van der Waals surface area (Å²) in [5, 5.41) is 8.89. The lowest BCUT2D eigenvalue weighted by Crippen LogP contribution is -2.02. The van der Waals surface area contributed by atoms with E-state index in [0.29, 0.717) is 11.5 Å². The third-order valence-corrected chi connectivity index (χ3v) is 2.06. The molecule has 0 aliphatic carbocycles. The third-order valence-electron chi connectivity index (χ3n) is 2.06. The zero-order valence-corrected chi connectivity index (χ0v) is 8.60. The number of nitriles is 1. The monoisotopic (exact) mass is 198 g/mol. The highest BCUT2D eigenvalue weighted by Gasteiger charge is 2.04. The van der Waals surface area contributed by atoms with Crippen molar-refractivity contribution >= 4 is 0 Å². The van der Waals surface area contributed by atoms with Crippen molar-refractivity contribution in [3.05, 3.63) is 41.6 Å². The number of aryl methyl sites for hydroxylation is 2. The molecule has 0 saturated carbocycles. The van der Waals surface area contributed by atoms with E-state index in [1.54, 1.807) is 10.6 Å². The SMILES string of the molecule is Cc1cc(-n2cccc2C#N)nc(C)n1. The van der Waals surface area contributed by atoms with Gasteiger partial charge < -0.3 is 0 Å². The van der Waals surface area contributed by atoms with Crippen LogP contribution in [-0.4, -0.2) is 14.5 Å². The molecular weight excluding hydrogens is 188 g/mol. The van der Waals surface area contributed by atoms with Crippen molar-refractivity contribution in [1.29, 1.82) is 5.26 Å². The molecule has 0 radical (unpaired) electrons. The summed E-state index contributed by atoms with van der Waals surface area (Å²) in [5.74, 6) is 1.45. The van der Waals surface area contributed by atoms with Gasteiger partial charge in [0.15, 0.2) is 0 Å². The Morgan fingerprint density at radius 3 is 2.80 bits per heavy atom. The average Bonchev–Trinajstić information content (AvgIpc) is 2.63. The summed E-state index contributed by atoms with van der Waals surface area (Å²) in [4.78, 5) is 8.48. The highest BCUT2D eigenvalue weighted by molar-refractivity contribution is 5.34. The van der Waals surface area contributed by atoms with Gasteiger partial charge in [-0.1, -0.05) is 0 Å². The van der Waals surface area contributed by atoms with Crippen molar-refractivity contribution in [1.82, 2.24) is 14.5 Å². The number of rotatable bonds is 1. The summed E-state index contributed by atoms with van der Waals surface area (Å²) in [7, 11) is 0. The predicted molar refractivity (Wildman–Crippen MR) is 55.5 cm³/mol. The van der Waals surface area contributed by atoms with Gasteiger partial charge in [-0.25, -0.2) is 9.97 Å². The maximum Gasteiger partial charge on any atom is 0.141 e. The molecule has 4 nitrogen and oxygen atoms in total. The first kappa shape index (κ1) is 9.41. The summed E-state index contributed by atoms with van der Waals surface area (Å²) in [6.45, 7) is 3.75. The average molecular weight is 198 g/mol. The molecule has 0 atom stereocenters. The first-order chi connectivity index (χ1) is 7.20. The Balaban J connectivity index is 2.60. The Morgan fingerprint density at radius 1 is 1.33 bits per heavy atom. The molecule has 15 heavy (non-hydrogen) atoms. The Hall–Kier alpha value is -2.15. The van der Waals surface area contributed by atoms with Crippen molar-refractivity contribution in [2.45, 2.75) is 13.8 Å². The van der Waals surface area contributed by atoms with Crippen molar-refractivity contribution in [3.63, 3.8) is 0 Å². The molecule has 4 heteroatoms. The van der Waals surface area contributed by atoms with Gasteiger partial charge in [0.05, 0.1) is 0 Å². The molecule has 2 heterocycles. The van der Waals surface area contributed by atoms with Gasteiger partial charge in [0.2, 0.25) is 0 Å². The van der Waals surface area contributed by atoms with Crippen LogP contribution in [0.25, 0.3) is 5.82 Å². The molecule has 0 bridgehead atoms. The Morgan fingerprint density at radius 2 is 2.13 bits per heavy atom. The molecule has 0 aromatic carbocycles. The second kappa shape index (κ2) is 3.54. The maximum atomic E-state index is 8.89. The summed E-state index contributed by atoms with van der Waals surface area (Å²) in [6.07, 6.45) is 1.82. The third kappa shape index (κ3) is 1.72. The molecular formula is C11H10N4. The highest BCUT2D eigenvalue weighted by atomic mass is 15.1. The van der Waals surface area contributed by atoms with Crippen LogP contribution in [-0.2, 0) is 0 Å². The quantitative estimate of drug-likeness (QED) is 0.701. The number of hydrogen-bond donors (Lipinski definition) is 0. The number of nitrogens with zero attached hydrogens (tertiary/aromatic N) is 4. The Kier molecular flexibility index (Phi) is 2.22. The molecule has 0 spiro atoms. The van der Waals surface area contributed by atoms with Gasteiger partial charge in [0.25, 0.3) is 0 Å². The molecule has 2 aromatic rings. The second-order valence-electron chi connectivity index (χ2n) is 3.29. The van der Waals surface area contributed by atoms with Gasteiger partial charge in [-0.2, -0.15) is 5.26 Å². The summed E-state index contributed by atoms with van der Waals surface area (Å²) < 4.78 is 1.75. The van der Waals surface area contributed by atoms with Crippen LogP contribution in [0.5, 0.6) is 0 Å². The summed E-state index contributed by atoms with van der Waals surface area (Å²) in [6, 6.07) is 7.55. The molecule has 74 valence electrons. The smallest absolute Gasteiger partial charge is 0.141 e. The molecule has 0 unspecified atom stereocenters. The van der Waals surface area contributed by atoms with Crippen molar-refractivity contribution < 1.29 is 0 Å². The van der Waals surface area contributed by atoms with E-state index in [-0.39, 0.29) is 0 Å². The van der Waals surface area contributed by atoms with E-state index in [4.69, 9.17) is 5.26 Å². The van der Waals surface area contributed by atoms with E-state index >= 15 is 0 Å². The van der Waals surface area contributed by atoms with Gasteiger partial charge in [-0.05, 0) is 26.0 Å². The first-order valence-electron chi connectivity index (χ1n) is 4.61. The zero-order valence-electron chi connectivity index (χ0n) is 8.60. The van der Waals surface area contributed by atoms with Gasteiger partial charge in [-0.15, -0.1) is 0 Å². The van der Waals surface area contributed by atoms with Crippen molar-refractivity contribution in [3.8, 4) is 11.9 Å². The largest absolute Gasteiger partial charge is 0.292 e. The fraction of sp³-hybridized carbons (Fsp3) is 0.182. The minimum atomic E-state index is 0.576. The van der Waals surface area contributed by atoms with E-state index < -0.39 is 0 Å². The van der Waals surface area contributed by atoms with Gasteiger partial charge in [0.1, 0.15) is 23.4 Å². The van der Waals surface area contributed by atoms with Gasteiger partial charge in [-0.3, -0.25) is 4.57 Å². The fourth-order valence-corrected chi connectivity index (χ4v) is 1.49. The van der Waals surface area contributed by atoms with Crippen LogP contribution >= 0.6 is 0 Å². The number of aromatic nitrogens is 3. The summed E-state index contributed by atoms with van der Waals surface area (Å²) >= 11 is 0. The molecule has 2 aromatic heterocycles. The van der Waals surface area contributed by atoms with Gasteiger partial charge in [0, 0.05) is 18.0 Å². The van der Waals surface area contributed by atoms with Gasteiger partial charge >= 0.3 is 0 Å². The van der Waals surface area contributed by atoms with Crippen LogP contribution in [0.1, 0.15) is 17.2 Å². The minimum absolute atomic E-state index is 0.576. The maximum absolute atomic E-state index is 8.89. The van der Waals surface area contributed by atoms with Crippen LogP contribution < -0.4 is 0 Å². The molecule has 0 aliphatic rings. The normalized spacial score (nSPS) is 9.93. The second-order valence-corrected chi connectivity index (χ2v) is 3.29.